The van der Waals surface area contributed by atoms with Crippen molar-refractivity contribution in [1.29, 1.82) is 0 Å². The number of hydrogen-bond acceptors (Lipinski definition) is 3. The van der Waals surface area contributed by atoms with Crippen LogP contribution in [-0.4, -0.2) is 25.3 Å². The van der Waals surface area contributed by atoms with Crippen molar-refractivity contribution in [3.05, 3.63) is 64.7 Å². The standard InChI is InChI=1S/C18H18ClNO2.ClH/c1-20(10-4-6-15-5-2-3-7-16(15)19)12-14-8-9-17-18(11-14)22-13-21-17;/h2-9,11H,10,12-13H2,1H3;1H/b6-4+;. The molecule has 3 nitrogen and oxygen atoms in total. The van der Waals surface area contributed by atoms with E-state index in [0.29, 0.717) is 6.79 Å². The maximum Gasteiger partial charge on any atom is 0.231 e. The Kier molecular flexibility index (Phi) is 6.34. The number of benzene rings is 2. The minimum atomic E-state index is 0. The highest BCUT2D eigenvalue weighted by Crippen LogP contribution is 2.32. The van der Waals surface area contributed by atoms with Gasteiger partial charge in [-0.3, -0.25) is 4.90 Å². The van der Waals surface area contributed by atoms with Crippen LogP contribution < -0.4 is 9.47 Å². The fraction of sp³-hybridized carbons (Fsp3) is 0.222. The van der Waals surface area contributed by atoms with Crippen molar-refractivity contribution in [3.8, 4) is 11.5 Å². The van der Waals surface area contributed by atoms with Gasteiger partial charge in [0.25, 0.3) is 0 Å². The summed E-state index contributed by atoms with van der Waals surface area (Å²) in [5.41, 5.74) is 2.25. The van der Waals surface area contributed by atoms with Gasteiger partial charge in [0, 0.05) is 18.1 Å². The van der Waals surface area contributed by atoms with Crippen molar-refractivity contribution in [2.75, 3.05) is 20.4 Å². The predicted molar refractivity (Wildman–Crippen MR) is 96.6 cm³/mol. The third kappa shape index (κ3) is 4.64. The highest BCUT2D eigenvalue weighted by molar-refractivity contribution is 6.32. The second kappa shape index (κ2) is 8.25. The minimum Gasteiger partial charge on any atom is -0.454 e. The van der Waals surface area contributed by atoms with E-state index < -0.39 is 0 Å². The molecule has 23 heavy (non-hydrogen) atoms. The van der Waals surface area contributed by atoms with Crippen molar-refractivity contribution in [3.63, 3.8) is 0 Å². The van der Waals surface area contributed by atoms with Gasteiger partial charge in [0.15, 0.2) is 11.5 Å². The van der Waals surface area contributed by atoms with Crippen LogP contribution in [0.5, 0.6) is 11.5 Å². The van der Waals surface area contributed by atoms with Crippen LogP contribution in [0.2, 0.25) is 5.02 Å². The topological polar surface area (TPSA) is 21.7 Å². The van der Waals surface area contributed by atoms with E-state index >= 15 is 0 Å². The van der Waals surface area contributed by atoms with E-state index in [9.17, 15) is 0 Å². The van der Waals surface area contributed by atoms with Crippen LogP contribution in [0.4, 0.5) is 0 Å². The smallest absolute Gasteiger partial charge is 0.231 e. The fourth-order valence-electron chi connectivity index (χ4n) is 2.39. The van der Waals surface area contributed by atoms with Gasteiger partial charge >= 0.3 is 0 Å². The highest BCUT2D eigenvalue weighted by atomic mass is 35.5. The molecule has 0 aliphatic carbocycles. The van der Waals surface area contributed by atoms with Crippen molar-refractivity contribution in [1.82, 2.24) is 4.90 Å². The number of halogens is 2. The highest BCUT2D eigenvalue weighted by Gasteiger charge is 2.13. The van der Waals surface area contributed by atoms with Gasteiger partial charge in [-0.1, -0.05) is 48.0 Å². The Balaban J connectivity index is 0.00000192. The van der Waals surface area contributed by atoms with Gasteiger partial charge in [-0.25, -0.2) is 0 Å². The second-order valence-corrected chi connectivity index (χ2v) is 5.72. The molecule has 122 valence electrons. The Hall–Kier alpha value is -1.68. The average molecular weight is 352 g/mol. The molecular formula is C18H19Cl2NO2. The van der Waals surface area contributed by atoms with Crippen molar-refractivity contribution < 1.29 is 9.47 Å². The van der Waals surface area contributed by atoms with Gasteiger partial charge in [-0.15, -0.1) is 12.4 Å². The van der Waals surface area contributed by atoms with E-state index in [4.69, 9.17) is 21.1 Å². The number of hydrogen-bond donors (Lipinski definition) is 0. The molecule has 0 radical (unpaired) electrons. The van der Waals surface area contributed by atoms with Crippen LogP contribution in [0.3, 0.4) is 0 Å². The zero-order chi connectivity index (χ0) is 15.4. The summed E-state index contributed by atoms with van der Waals surface area (Å²) in [6.45, 7) is 2.01. The van der Waals surface area contributed by atoms with Crippen LogP contribution in [0, 0.1) is 0 Å². The molecule has 1 aliphatic heterocycles. The van der Waals surface area contributed by atoms with E-state index in [1.807, 2.05) is 36.4 Å². The quantitative estimate of drug-likeness (QED) is 0.783. The first-order valence-corrected chi connectivity index (χ1v) is 7.58. The van der Waals surface area contributed by atoms with Gasteiger partial charge in [-0.2, -0.15) is 0 Å². The predicted octanol–water partition coefficient (Wildman–Crippen LogP) is 4.64. The Bertz CT molecular complexity index is 688. The first-order valence-electron chi connectivity index (χ1n) is 7.20. The number of fused-ring (bicyclic) bond motifs is 1. The van der Waals surface area contributed by atoms with Crippen molar-refractivity contribution >= 4 is 30.1 Å². The molecule has 2 aromatic rings. The molecule has 0 bridgehead atoms. The summed E-state index contributed by atoms with van der Waals surface area (Å²) in [5.74, 6) is 1.66. The number of nitrogens with zero attached hydrogens (tertiary/aromatic N) is 1. The molecule has 0 N–H and O–H groups in total. The molecule has 0 fully saturated rings. The summed E-state index contributed by atoms with van der Waals surface area (Å²) in [5, 5.41) is 0.775. The zero-order valence-electron chi connectivity index (χ0n) is 12.9. The SMILES string of the molecule is CN(C/C=C/c1ccccc1Cl)Cc1ccc2c(c1)OCO2.Cl. The minimum absolute atomic E-state index is 0. The van der Waals surface area contributed by atoms with Crippen molar-refractivity contribution in [2.24, 2.45) is 0 Å². The van der Waals surface area contributed by atoms with E-state index in [-0.39, 0.29) is 12.4 Å². The Morgan fingerprint density at radius 2 is 1.91 bits per heavy atom. The summed E-state index contributed by atoms with van der Waals surface area (Å²) >= 11 is 6.13. The van der Waals surface area contributed by atoms with Crippen molar-refractivity contribution in [2.45, 2.75) is 6.54 Å². The van der Waals surface area contributed by atoms with E-state index in [0.717, 1.165) is 35.2 Å². The molecule has 0 atom stereocenters. The number of rotatable bonds is 5. The van der Waals surface area contributed by atoms with Gasteiger partial charge < -0.3 is 9.47 Å². The van der Waals surface area contributed by atoms with Crippen LogP contribution in [0.1, 0.15) is 11.1 Å². The average Bonchev–Trinajstić information content (AvgIpc) is 2.97. The maximum absolute atomic E-state index is 6.13. The largest absolute Gasteiger partial charge is 0.454 e. The Morgan fingerprint density at radius 1 is 1.13 bits per heavy atom. The normalized spacial score (nSPS) is 12.7. The number of ether oxygens (including phenoxy) is 2. The molecule has 0 saturated carbocycles. The Labute approximate surface area is 147 Å². The van der Waals surface area contributed by atoms with Crippen LogP contribution in [0.25, 0.3) is 6.08 Å². The third-order valence-corrected chi connectivity index (χ3v) is 3.85. The maximum atomic E-state index is 6.13. The lowest BCUT2D eigenvalue weighted by Crippen LogP contribution is -2.17. The van der Waals surface area contributed by atoms with Crippen LogP contribution in [0.15, 0.2) is 48.5 Å². The van der Waals surface area contributed by atoms with Gasteiger partial charge in [0.1, 0.15) is 0 Å². The summed E-state index contributed by atoms with van der Waals surface area (Å²) in [4.78, 5) is 2.23. The molecule has 2 aromatic carbocycles. The van der Waals surface area contributed by atoms with Gasteiger partial charge in [0.2, 0.25) is 6.79 Å². The molecule has 0 spiro atoms. The summed E-state index contributed by atoms with van der Waals surface area (Å²) in [7, 11) is 2.08. The monoisotopic (exact) mass is 351 g/mol. The lowest BCUT2D eigenvalue weighted by atomic mass is 10.2. The molecular weight excluding hydrogens is 333 g/mol. The molecule has 3 rings (SSSR count). The summed E-state index contributed by atoms with van der Waals surface area (Å²) in [6.07, 6.45) is 4.17. The zero-order valence-corrected chi connectivity index (χ0v) is 14.4. The Morgan fingerprint density at radius 3 is 2.74 bits per heavy atom. The van der Waals surface area contributed by atoms with Gasteiger partial charge in [-0.05, 0) is 36.4 Å². The molecule has 1 heterocycles. The molecule has 0 saturated heterocycles. The fourth-order valence-corrected chi connectivity index (χ4v) is 2.58. The first-order chi connectivity index (χ1) is 10.7. The molecule has 5 heteroatoms. The first kappa shape index (κ1) is 17.7. The van der Waals surface area contributed by atoms with Crippen LogP contribution >= 0.6 is 24.0 Å². The molecule has 1 aliphatic rings. The molecule has 0 unspecified atom stereocenters. The summed E-state index contributed by atoms with van der Waals surface area (Å²) < 4.78 is 10.7. The van der Waals surface area contributed by atoms with E-state index in [2.05, 4.69) is 30.2 Å². The van der Waals surface area contributed by atoms with Gasteiger partial charge in [0.05, 0.1) is 0 Å². The third-order valence-electron chi connectivity index (χ3n) is 3.51. The molecule has 0 aromatic heterocycles. The second-order valence-electron chi connectivity index (χ2n) is 5.31. The lowest BCUT2D eigenvalue weighted by Gasteiger charge is -2.14. The molecule has 0 amide bonds. The summed E-state index contributed by atoms with van der Waals surface area (Å²) in [6, 6.07) is 13.9. The lowest BCUT2D eigenvalue weighted by molar-refractivity contribution is 0.174. The van der Waals surface area contributed by atoms with E-state index in [1.165, 1.54) is 5.56 Å². The van der Waals surface area contributed by atoms with E-state index in [1.54, 1.807) is 0 Å². The van der Waals surface area contributed by atoms with Crippen LogP contribution in [-0.2, 0) is 6.54 Å². The number of likely N-dealkylation sites (N-methyl/N-ethyl adjacent to an activating group) is 1.